The van der Waals surface area contributed by atoms with E-state index in [1.54, 1.807) is 33.8 Å². The maximum absolute atomic E-state index is 12.4. The number of alkyl carbamates (subject to hydrolysis) is 1. The van der Waals surface area contributed by atoms with Gasteiger partial charge >= 0.3 is 6.09 Å². The lowest BCUT2D eigenvalue weighted by Crippen LogP contribution is -2.60. The van der Waals surface area contributed by atoms with Gasteiger partial charge in [0.05, 0.1) is 12.0 Å². The predicted molar refractivity (Wildman–Crippen MR) is 74.1 cm³/mol. The van der Waals surface area contributed by atoms with E-state index in [-0.39, 0.29) is 17.8 Å². The lowest BCUT2D eigenvalue weighted by atomic mass is 9.82. The number of carbonyl (C=O) groups is 2. The highest BCUT2D eigenvalue weighted by atomic mass is 16.6. The van der Waals surface area contributed by atoms with E-state index < -0.39 is 23.3 Å². The minimum absolute atomic E-state index is 0.127. The number of rotatable bonds is 2. The van der Waals surface area contributed by atoms with Gasteiger partial charge in [-0.3, -0.25) is 10.1 Å². The Bertz CT molecular complexity index is 451. The number of amides is 1. The van der Waals surface area contributed by atoms with Gasteiger partial charge in [-0.05, 0) is 33.3 Å². The van der Waals surface area contributed by atoms with Crippen LogP contribution in [0.15, 0.2) is 12.2 Å². The fourth-order valence-electron chi connectivity index (χ4n) is 2.77. The molecule has 0 aromatic carbocycles. The van der Waals surface area contributed by atoms with Crippen LogP contribution < -0.4 is 5.32 Å². The van der Waals surface area contributed by atoms with Gasteiger partial charge in [0.1, 0.15) is 11.4 Å². The summed E-state index contributed by atoms with van der Waals surface area (Å²) in [6, 6.07) is 0. The summed E-state index contributed by atoms with van der Waals surface area (Å²) in [6.07, 6.45) is 3.56. The zero-order valence-corrected chi connectivity index (χ0v) is 12.7. The van der Waals surface area contributed by atoms with Crippen LogP contribution in [-0.4, -0.2) is 29.3 Å². The van der Waals surface area contributed by atoms with Crippen molar-refractivity contribution in [2.45, 2.75) is 58.5 Å². The first-order valence-electron chi connectivity index (χ1n) is 7.10. The number of ketones is 1. The lowest BCUT2D eigenvalue weighted by molar-refractivity contribution is -0.165. The van der Waals surface area contributed by atoms with Crippen molar-refractivity contribution in [1.29, 1.82) is 0 Å². The van der Waals surface area contributed by atoms with Crippen LogP contribution in [0, 0.1) is 11.8 Å². The number of carbonyl (C=O) groups excluding carboxylic acids is 2. The molecule has 1 saturated heterocycles. The van der Waals surface area contributed by atoms with Crippen LogP contribution in [0.1, 0.15) is 41.0 Å². The topological polar surface area (TPSA) is 64.6 Å². The molecule has 1 amide bonds. The van der Waals surface area contributed by atoms with E-state index in [1.165, 1.54) is 0 Å². The molecule has 5 heteroatoms. The second-order valence-electron chi connectivity index (χ2n) is 6.50. The molecule has 2 aliphatic rings. The summed E-state index contributed by atoms with van der Waals surface area (Å²) >= 11 is 0. The van der Waals surface area contributed by atoms with E-state index in [1.807, 2.05) is 13.0 Å². The third-order valence-corrected chi connectivity index (χ3v) is 3.83. The highest BCUT2D eigenvalue weighted by molar-refractivity contribution is 5.87. The average Bonchev–Trinajstić information content (AvgIpc) is 2.67. The molecule has 4 atom stereocenters. The summed E-state index contributed by atoms with van der Waals surface area (Å²) in [5.74, 6) is -0.419. The van der Waals surface area contributed by atoms with Crippen molar-refractivity contribution in [1.82, 2.24) is 5.32 Å². The fraction of sp³-hybridized carbons (Fsp3) is 0.733. The van der Waals surface area contributed by atoms with E-state index in [2.05, 4.69) is 5.32 Å². The molecule has 0 aromatic rings. The van der Waals surface area contributed by atoms with Crippen molar-refractivity contribution in [3.05, 3.63) is 12.2 Å². The molecule has 2 bridgehead atoms. The molecule has 2 aliphatic heterocycles. The molecular formula is C15H23NO4. The van der Waals surface area contributed by atoms with Crippen LogP contribution >= 0.6 is 0 Å². The monoisotopic (exact) mass is 281 g/mol. The van der Waals surface area contributed by atoms with Gasteiger partial charge in [0, 0.05) is 5.92 Å². The minimum atomic E-state index is -1.06. The second kappa shape index (κ2) is 4.88. The fourth-order valence-corrected chi connectivity index (χ4v) is 2.77. The minimum Gasteiger partial charge on any atom is -0.444 e. The van der Waals surface area contributed by atoms with E-state index >= 15 is 0 Å². The lowest BCUT2D eigenvalue weighted by Gasteiger charge is -2.41. The third-order valence-electron chi connectivity index (χ3n) is 3.83. The van der Waals surface area contributed by atoms with Crippen LogP contribution in [-0.2, 0) is 14.3 Å². The standard InChI is InChI=1S/C15H23NO4/c1-6-10-11-7-8-15(19-11,9(2)12(10)17)16-13(18)20-14(3,4)5/h7-11H,6H2,1-5H3,(H,16,18)/t9-,10+,11-,15+/m1/s1. The van der Waals surface area contributed by atoms with Crippen LogP contribution in [0.2, 0.25) is 0 Å². The van der Waals surface area contributed by atoms with E-state index in [0.29, 0.717) is 0 Å². The van der Waals surface area contributed by atoms with Gasteiger partial charge in [-0.1, -0.05) is 19.9 Å². The first-order valence-corrected chi connectivity index (χ1v) is 7.10. The van der Waals surface area contributed by atoms with Crippen molar-refractivity contribution >= 4 is 11.9 Å². The normalized spacial score (nSPS) is 36.0. The van der Waals surface area contributed by atoms with Gasteiger partial charge in [-0.15, -0.1) is 0 Å². The molecule has 0 unspecified atom stereocenters. The van der Waals surface area contributed by atoms with Gasteiger partial charge in [-0.25, -0.2) is 4.79 Å². The van der Waals surface area contributed by atoms with Crippen LogP contribution in [0.25, 0.3) is 0 Å². The molecule has 1 N–H and O–H groups in total. The van der Waals surface area contributed by atoms with Crippen molar-refractivity contribution in [2.24, 2.45) is 11.8 Å². The van der Waals surface area contributed by atoms with Gasteiger partial charge in [0.25, 0.3) is 0 Å². The van der Waals surface area contributed by atoms with Gasteiger partial charge in [0.15, 0.2) is 5.72 Å². The van der Waals surface area contributed by atoms with Crippen molar-refractivity contribution < 1.29 is 19.1 Å². The molecule has 2 heterocycles. The first-order chi connectivity index (χ1) is 9.18. The number of hydrogen-bond donors (Lipinski definition) is 1. The molecule has 0 aromatic heterocycles. The van der Waals surface area contributed by atoms with E-state index in [4.69, 9.17) is 9.47 Å². The van der Waals surface area contributed by atoms with E-state index in [0.717, 1.165) is 6.42 Å². The summed E-state index contributed by atoms with van der Waals surface area (Å²) in [4.78, 5) is 24.3. The van der Waals surface area contributed by atoms with Gasteiger partial charge in [0.2, 0.25) is 0 Å². The number of fused-ring (bicyclic) bond motifs is 2. The molecule has 112 valence electrons. The van der Waals surface area contributed by atoms with Crippen LogP contribution in [0.3, 0.4) is 0 Å². The Labute approximate surface area is 119 Å². The van der Waals surface area contributed by atoms with Crippen LogP contribution in [0.5, 0.6) is 0 Å². The zero-order valence-electron chi connectivity index (χ0n) is 12.7. The van der Waals surface area contributed by atoms with Crippen LogP contribution in [0.4, 0.5) is 4.79 Å². The average molecular weight is 281 g/mol. The summed E-state index contributed by atoms with van der Waals surface area (Å²) in [5.41, 5.74) is -1.65. The second-order valence-corrected chi connectivity index (χ2v) is 6.50. The Kier molecular flexibility index (Phi) is 3.67. The number of ether oxygens (including phenoxy) is 2. The SMILES string of the molecule is CC[C@@H]1C(=O)[C@@H](C)[C@]2(NC(=O)OC(C)(C)C)C=C[C@H]1O2. The van der Waals surface area contributed by atoms with Gasteiger partial charge in [-0.2, -0.15) is 0 Å². The Morgan fingerprint density at radius 1 is 1.50 bits per heavy atom. The number of hydrogen-bond acceptors (Lipinski definition) is 4. The smallest absolute Gasteiger partial charge is 0.410 e. The first kappa shape index (κ1) is 15.0. The van der Waals surface area contributed by atoms with Gasteiger partial charge < -0.3 is 9.47 Å². The summed E-state index contributed by atoms with van der Waals surface area (Å²) in [7, 11) is 0. The maximum atomic E-state index is 12.4. The molecule has 1 fully saturated rings. The highest BCUT2D eigenvalue weighted by Crippen LogP contribution is 2.40. The summed E-state index contributed by atoms with van der Waals surface area (Å²) in [6.45, 7) is 9.14. The highest BCUT2D eigenvalue weighted by Gasteiger charge is 2.54. The quantitative estimate of drug-likeness (QED) is 0.789. The maximum Gasteiger partial charge on any atom is 0.410 e. The van der Waals surface area contributed by atoms with Crippen molar-refractivity contribution in [3.63, 3.8) is 0 Å². The van der Waals surface area contributed by atoms with Crippen molar-refractivity contribution in [2.75, 3.05) is 0 Å². The molecule has 2 rings (SSSR count). The molecule has 5 nitrogen and oxygen atoms in total. The van der Waals surface area contributed by atoms with E-state index in [9.17, 15) is 9.59 Å². The summed E-state index contributed by atoms with van der Waals surface area (Å²) in [5, 5.41) is 2.71. The largest absolute Gasteiger partial charge is 0.444 e. The molecule has 0 aliphatic carbocycles. The Morgan fingerprint density at radius 2 is 2.15 bits per heavy atom. The molecule has 0 radical (unpaired) electrons. The Morgan fingerprint density at radius 3 is 2.70 bits per heavy atom. The third kappa shape index (κ3) is 2.59. The molecular weight excluding hydrogens is 258 g/mol. The Balaban J connectivity index is 2.14. The number of Topliss-reactive ketones (excluding diaryl/α,β-unsaturated/α-hetero) is 1. The molecule has 0 spiro atoms. The number of nitrogens with one attached hydrogen (secondary N) is 1. The van der Waals surface area contributed by atoms with Crippen molar-refractivity contribution in [3.8, 4) is 0 Å². The summed E-state index contributed by atoms with van der Waals surface area (Å²) < 4.78 is 11.2. The Hall–Kier alpha value is -1.36. The molecule has 20 heavy (non-hydrogen) atoms. The molecule has 0 saturated carbocycles. The predicted octanol–water partition coefficient (Wildman–Crippen LogP) is 2.41. The zero-order chi connectivity index (χ0) is 15.1.